The Labute approximate surface area is 261 Å². The molecule has 10 nitrogen and oxygen atoms in total. The molecular formula is C32H32ClN5O5S. The average molecular weight is 634 g/mol. The highest BCUT2D eigenvalue weighted by Crippen LogP contribution is 2.59. The molecule has 1 N–H and O–H groups in total. The molecule has 0 unspecified atom stereocenters. The van der Waals surface area contributed by atoms with E-state index in [0.29, 0.717) is 53.6 Å². The van der Waals surface area contributed by atoms with Gasteiger partial charge in [-0.25, -0.2) is 8.42 Å². The molecule has 1 atom stereocenters. The van der Waals surface area contributed by atoms with Gasteiger partial charge in [0, 0.05) is 37.2 Å². The monoisotopic (exact) mass is 633 g/mol. The van der Waals surface area contributed by atoms with Gasteiger partial charge in [-0.3, -0.25) is 18.9 Å². The number of sulfonamides is 1. The molecule has 1 spiro atoms. The van der Waals surface area contributed by atoms with E-state index in [0.717, 1.165) is 18.4 Å². The van der Waals surface area contributed by atoms with E-state index in [1.165, 1.54) is 29.6 Å². The first-order valence-electron chi connectivity index (χ1n) is 14.5. The number of fused-ring (bicyclic) bond motifs is 2. The van der Waals surface area contributed by atoms with E-state index in [9.17, 15) is 23.3 Å². The fraction of sp³-hybridized carbons (Fsp3) is 0.375. The number of hydrogen-bond acceptors (Lipinski definition) is 7. The molecular weight excluding hydrogens is 602 g/mol. The minimum Gasteiger partial charge on any atom is -0.495 e. The van der Waals surface area contributed by atoms with Crippen LogP contribution in [0.2, 0.25) is 5.02 Å². The van der Waals surface area contributed by atoms with Crippen molar-refractivity contribution in [2.75, 3.05) is 24.5 Å². The minimum atomic E-state index is -4.13. The van der Waals surface area contributed by atoms with Crippen LogP contribution in [-0.2, 0) is 26.8 Å². The third-order valence-electron chi connectivity index (χ3n) is 9.12. The number of aromatic nitrogens is 1. The number of nitrogens with one attached hydrogen (secondary N) is 1. The fourth-order valence-electron chi connectivity index (χ4n) is 6.78. The summed E-state index contributed by atoms with van der Waals surface area (Å²) in [6.07, 6.45) is 4.50. The maximum absolute atomic E-state index is 14.5. The number of benzene rings is 2. The van der Waals surface area contributed by atoms with Crippen molar-refractivity contribution in [3.8, 4) is 11.8 Å². The second-order valence-electron chi connectivity index (χ2n) is 11.6. The summed E-state index contributed by atoms with van der Waals surface area (Å²) < 4.78 is 35.8. The number of halogens is 1. The molecule has 1 saturated heterocycles. The SMILES string of the molecule is COc1ccc(S(=O)(=O)N2c3ccc(C(=O)NCc4ncccc4Cl)cc3C3(CCN(C(C)=O)CC3)[C@H]2C2CC2)cc1C#N. The van der Waals surface area contributed by atoms with Crippen molar-refractivity contribution in [3.05, 3.63) is 82.1 Å². The molecule has 3 aliphatic rings. The first-order valence-corrected chi connectivity index (χ1v) is 16.3. The van der Waals surface area contributed by atoms with Gasteiger partial charge in [-0.15, -0.1) is 0 Å². The summed E-state index contributed by atoms with van der Waals surface area (Å²) >= 11 is 6.23. The Balaban J connectivity index is 1.44. The maximum Gasteiger partial charge on any atom is 0.264 e. The second kappa shape index (κ2) is 11.4. The van der Waals surface area contributed by atoms with Crippen LogP contribution in [0, 0.1) is 17.2 Å². The summed E-state index contributed by atoms with van der Waals surface area (Å²) in [6.45, 7) is 2.66. The molecule has 1 aliphatic carbocycles. The van der Waals surface area contributed by atoms with E-state index in [-0.39, 0.29) is 34.7 Å². The second-order valence-corrected chi connectivity index (χ2v) is 13.8. The molecule has 3 heterocycles. The van der Waals surface area contributed by atoms with Gasteiger partial charge in [0.1, 0.15) is 11.8 Å². The summed E-state index contributed by atoms with van der Waals surface area (Å²) in [4.78, 5) is 31.7. The zero-order valence-corrected chi connectivity index (χ0v) is 26.0. The Bertz CT molecular complexity index is 1790. The predicted molar refractivity (Wildman–Crippen MR) is 164 cm³/mol. The topological polar surface area (TPSA) is 133 Å². The lowest BCUT2D eigenvalue weighted by Gasteiger charge is -2.45. The summed E-state index contributed by atoms with van der Waals surface area (Å²) in [5, 5.41) is 13.0. The lowest BCUT2D eigenvalue weighted by Crippen LogP contribution is -2.54. The molecule has 12 heteroatoms. The number of nitriles is 1. The summed E-state index contributed by atoms with van der Waals surface area (Å²) in [5.41, 5.74) is 1.78. The number of hydrogen-bond donors (Lipinski definition) is 1. The highest BCUT2D eigenvalue weighted by atomic mass is 35.5. The highest BCUT2D eigenvalue weighted by molar-refractivity contribution is 7.93. The van der Waals surface area contributed by atoms with Crippen molar-refractivity contribution < 1.29 is 22.7 Å². The molecule has 1 saturated carbocycles. The van der Waals surface area contributed by atoms with Crippen molar-refractivity contribution in [1.82, 2.24) is 15.2 Å². The molecule has 3 aromatic rings. The summed E-state index contributed by atoms with van der Waals surface area (Å²) in [6, 6.07) is 14.5. The van der Waals surface area contributed by atoms with Crippen LogP contribution in [0.4, 0.5) is 5.69 Å². The predicted octanol–water partition coefficient (Wildman–Crippen LogP) is 4.41. The van der Waals surface area contributed by atoms with Crippen molar-refractivity contribution in [2.24, 2.45) is 5.92 Å². The molecule has 0 radical (unpaired) electrons. The average Bonchev–Trinajstić information content (AvgIpc) is 3.83. The van der Waals surface area contributed by atoms with Crippen LogP contribution < -0.4 is 14.4 Å². The Morgan fingerprint density at radius 3 is 2.55 bits per heavy atom. The van der Waals surface area contributed by atoms with Gasteiger partial charge in [-0.1, -0.05) is 11.6 Å². The van der Waals surface area contributed by atoms with E-state index >= 15 is 0 Å². The number of likely N-dealkylation sites (tertiary alicyclic amines) is 1. The Hall–Kier alpha value is -4.14. The van der Waals surface area contributed by atoms with E-state index < -0.39 is 21.5 Å². The van der Waals surface area contributed by atoms with Gasteiger partial charge in [0.05, 0.1) is 46.6 Å². The lowest BCUT2D eigenvalue weighted by molar-refractivity contribution is -0.130. The quantitative estimate of drug-likeness (QED) is 0.407. The van der Waals surface area contributed by atoms with Crippen LogP contribution in [0.5, 0.6) is 5.75 Å². The molecule has 0 bridgehead atoms. The molecule has 44 heavy (non-hydrogen) atoms. The molecule has 2 fully saturated rings. The Morgan fingerprint density at radius 1 is 1.16 bits per heavy atom. The molecule has 1 aromatic heterocycles. The third kappa shape index (κ3) is 5.06. The molecule has 2 amide bonds. The first-order chi connectivity index (χ1) is 21.1. The zero-order chi connectivity index (χ0) is 31.2. The Morgan fingerprint density at radius 2 is 1.91 bits per heavy atom. The number of carbonyl (C=O) groups excluding carboxylic acids is 2. The van der Waals surface area contributed by atoms with Gasteiger partial charge in [0.2, 0.25) is 5.91 Å². The number of piperidine rings is 1. The molecule has 2 aromatic carbocycles. The van der Waals surface area contributed by atoms with Crippen molar-refractivity contribution in [2.45, 2.75) is 55.5 Å². The van der Waals surface area contributed by atoms with Crippen LogP contribution in [0.15, 0.2) is 59.6 Å². The Kier molecular flexibility index (Phi) is 7.76. The minimum absolute atomic E-state index is 0.00117. The zero-order valence-electron chi connectivity index (χ0n) is 24.4. The van der Waals surface area contributed by atoms with Gasteiger partial charge in [-0.05, 0) is 85.7 Å². The van der Waals surface area contributed by atoms with Gasteiger partial charge in [0.25, 0.3) is 15.9 Å². The maximum atomic E-state index is 14.5. The molecule has 6 rings (SSSR count). The lowest BCUT2D eigenvalue weighted by atomic mass is 9.68. The molecule has 228 valence electrons. The van der Waals surface area contributed by atoms with Crippen molar-refractivity contribution in [3.63, 3.8) is 0 Å². The number of carbonyl (C=O) groups is 2. The van der Waals surface area contributed by atoms with Crippen LogP contribution in [0.1, 0.15) is 59.8 Å². The van der Waals surface area contributed by atoms with Crippen molar-refractivity contribution >= 4 is 39.1 Å². The standard InChI is InChI=1S/C32H32ClN5O5S/c1-20(39)37-14-11-32(12-15-37)25-17-22(31(40)36-19-27-26(33)4-3-13-35-27)7-9-28(25)38(30(32)21-5-6-21)44(41,42)24-8-10-29(43-2)23(16-24)18-34/h3-4,7-10,13,16-17,21,30H,5-6,11-12,14-15,19H2,1-2H3,(H,36,40)/t30-/m1/s1. The van der Waals surface area contributed by atoms with Gasteiger partial charge in [-0.2, -0.15) is 5.26 Å². The van der Waals surface area contributed by atoms with Crippen molar-refractivity contribution in [1.29, 1.82) is 5.26 Å². The number of ether oxygens (including phenoxy) is 1. The number of rotatable bonds is 7. The fourth-order valence-corrected chi connectivity index (χ4v) is 8.80. The van der Waals surface area contributed by atoms with Gasteiger partial charge < -0.3 is 15.0 Å². The number of pyridine rings is 1. The number of anilines is 1. The van der Waals surface area contributed by atoms with Gasteiger partial charge >= 0.3 is 0 Å². The van der Waals surface area contributed by atoms with E-state index in [4.69, 9.17) is 16.3 Å². The third-order valence-corrected chi connectivity index (χ3v) is 11.3. The van der Waals surface area contributed by atoms with Crippen LogP contribution in [-0.4, -0.2) is 56.4 Å². The summed E-state index contributed by atoms with van der Waals surface area (Å²) in [7, 11) is -2.70. The number of nitrogens with zero attached hydrogens (tertiary/aromatic N) is 4. The summed E-state index contributed by atoms with van der Waals surface area (Å²) in [5.74, 6) is 0.0686. The largest absolute Gasteiger partial charge is 0.495 e. The highest BCUT2D eigenvalue weighted by Gasteiger charge is 2.60. The van der Waals surface area contributed by atoms with Gasteiger partial charge in [0.15, 0.2) is 0 Å². The normalized spacial score (nSPS) is 18.9. The van der Waals surface area contributed by atoms with E-state index in [2.05, 4.69) is 10.3 Å². The van der Waals surface area contributed by atoms with E-state index in [1.54, 1.807) is 42.3 Å². The van der Waals surface area contributed by atoms with Crippen LogP contribution in [0.25, 0.3) is 0 Å². The number of methoxy groups -OCH3 is 1. The molecule has 2 aliphatic heterocycles. The van der Waals surface area contributed by atoms with E-state index in [1.807, 2.05) is 12.1 Å². The first kappa shape index (κ1) is 29.9. The smallest absolute Gasteiger partial charge is 0.264 e. The van der Waals surface area contributed by atoms with Crippen LogP contribution in [0.3, 0.4) is 0 Å². The van der Waals surface area contributed by atoms with Crippen LogP contribution >= 0.6 is 11.6 Å². The number of amides is 2.